The van der Waals surface area contributed by atoms with Gasteiger partial charge in [0.1, 0.15) is 0 Å². The molecule has 0 saturated carbocycles. The molecule has 0 bridgehead atoms. The van der Waals surface area contributed by atoms with Gasteiger partial charge in [0.15, 0.2) is 0 Å². The molecule has 1 aromatic rings. The highest BCUT2D eigenvalue weighted by Crippen LogP contribution is 2.32. The molecule has 0 amide bonds. The Bertz CT molecular complexity index is 406. The summed E-state index contributed by atoms with van der Waals surface area (Å²) in [4.78, 5) is 14.5. The molecular weight excluding hydrogens is 338 g/mol. The number of pyridine rings is 1. The van der Waals surface area contributed by atoms with Crippen molar-refractivity contribution in [3.63, 3.8) is 0 Å². The number of carbonyl (C=O) groups excluding carboxylic acids is 1. The highest BCUT2D eigenvalue weighted by Gasteiger charge is 2.34. The normalized spacial score (nSPS) is 11.3. The zero-order chi connectivity index (χ0) is 12.3. The molecule has 0 unspecified atom stereocenters. The number of hydrogen-bond acceptors (Lipinski definition) is 3. The van der Waals surface area contributed by atoms with Crippen LogP contribution in [0.3, 0.4) is 0 Å². The number of ether oxygens (including phenoxy) is 1. The van der Waals surface area contributed by atoms with Crippen molar-refractivity contribution in [2.45, 2.75) is 12.6 Å². The molecule has 0 spiro atoms. The summed E-state index contributed by atoms with van der Waals surface area (Å²) >= 11 is 1.73. The Balaban J connectivity index is 3.13. The lowest BCUT2D eigenvalue weighted by Gasteiger charge is -2.11. The Labute approximate surface area is 103 Å². The van der Waals surface area contributed by atoms with E-state index in [4.69, 9.17) is 0 Å². The molecule has 0 saturated heterocycles. The van der Waals surface area contributed by atoms with Crippen LogP contribution >= 0.6 is 22.6 Å². The van der Waals surface area contributed by atoms with Gasteiger partial charge < -0.3 is 4.74 Å². The van der Waals surface area contributed by atoms with Crippen LogP contribution in [0.15, 0.2) is 12.3 Å². The maximum Gasteiger partial charge on any atom is 0.418 e. The first kappa shape index (κ1) is 13.2. The second-order valence-corrected chi connectivity index (χ2v) is 4.14. The first-order valence-electron chi connectivity index (χ1n) is 4.13. The van der Waals surface area contributed by atoms with Crippen LogP contribution in [0.2, 0.25) is 0 Å². The van der Waals surface area contributed by atoms with Crippen LogP contribution in [-0.2, 0) is 22.1 Å². The van der Waals surface area contributed by atoms with Gasteiger partial charge in [-0.1, -0.05) is 0 Å². The molecule has 0 aliphatic rings. The molecule has 16 heavy (non-hydrogen) atoms. The Hall–Kier alpha value is -0.860. The molecule has 88 valence electrons. The Morgan fingerprint density at radius 3 is 2.69 bits per heavy atom. The van der Waals surface area contributed by atoms with Gasteiger partial charge in [0.05, 0.1) is 24.8 Å². The van der Waals surface area contributed by atoms with E-state index in [1.165, 1.54) is 6.20 Å². The SMILES string of the molecule is COC(=O)Cc1ncc(I)cc1C(F)(F)F. The van der Waals surface area contributed by atoms with E-state index in [9.17, 15) is 18.0 Å². The Kier molecular flexibility index (Phi) is 4.11. The van der Waals surface area contributed by atoms with Crippen molar-refractivity contribution in [3.05, 3.63) is 27.1 Å². The third kappa shape index (κ3) is 3.32. The average molecular weight is 345 g/mol. The molecule has 0 aliphatic carbocycles. The molecule has 1 aromatic heterocycles. The van der Waals surface area contributed by atoms with Gasteiger partial charge in [0, 0.05) is 9.77 Å². The van der Waals surface area contributed by atoms with Crippen LogP contribution in [0.5, 0.6) is 0 Å². The average Bonchev–Trinajstić information content (AvgIpc) is 2.19. The molecule has 0 N–H and O–H groups in total. The van der Waals surface area contributed by atoms with Gasteiger partial charge in [-0.3, -0.25) is 9.78 Å². The fraction of sp³-hybridized carbons (Fsp3) is 0.333. The minimum atomic E-state index is -4.52. The number of hydrogen-bond donors (Lipinski definition) is 0. The summed E-state index contributed by atoms with van der Waals surface area (Å²) in [5, 5.41) is 0. The maximum absolute atomic E-state index is 12.6. The number of rotatable bonds is 2. The predicted octanol–water partition coefficient (Wildman–Crippen LogP) is 2.42. The predicted molar refractivity (Wildman–Crippen MR) is 57.7 cm³/mol. The van der Waals surface area contributed by atoms with E-state index in [1.807, 2.05) is 0 Å². The number of carbonyl (C=O) groups is 1. The van der Waals surface area contributed by atoms with Crippen molar-refractivity contribution in [1.82, 2.24) is 4.98 Å². The fourth-order valence-corrected chi connectivity index (χ4v) is 1.51. The molecular formula is C9H7F3INO2. The monoisotopic (exact) mass is 345 g/mol. The van der Waals surface area contributed by atoms with E-state index in [0.29, 0.717) is 3.57 Å². The van der Waals surface area contributed by atoms with Crippen molar-refractivity contribution in [3.8, 4) is 0 Å². The second-order valence-electron chi connectivity index (χ2n) is 2.90. The number of nitrogens with zero attached hydrogens (tertiary/aromatic N) is 1. The Morgan fingerprint density at radius 2 is 2.19 bits per heavy atom. The van der Waals surface area contributed by atoms with Crippen LogP contribution in [0, 0.1) is 3.57 Å². The number of halogens is 4. The van der Waals surface area contributed by atoms with Gasteiger partial charge in [-0.2, -0.15) is 13.2 Å². The second kappa shape index (κ2) is 4.98. The quantitative estimate of drug-likeness (QED) is 0.611. The largest absolute Gasteiger partial charge is 0.469 e. The Morgan fingerprint density at radius 1 is 1.56 bits per heavy atom. The van der Waals surface area contributed by atoms with Crippen LogP contribution in [-0.4, -0.2) is 18.1 Å². The van der Waals surface area contributed by atoms with Gasteiger partial charge in [0.2, 0.25) is 0 Å². The zero-order valence-corrected chi connectivity index (χ0v) is 10.3. The summed E-state index contributed by atoms with van der Waals surface area (Å²) in [5.74, 6) is -0.751. The van der Waals surface area contributed by atoms with Crippen LogP contribution in [0.1, 0.15) is 11.3 Å². The number of esters is 1. The van der Waals surface area contributed by atoms with Gasteiger partial charge in [-0.25, -0.2) is 0 Å². The molecule has 0 aromatic carbocycles. The van der Waals surface area contributed by atoms with Crippen molar-refractivity contribution >= 4 is 28.6 Å². The molecule has 1 rings (SSSR count). The summed E-state index contributed by atoms with van der Waals surface area (Å²) in [6.45, 7) is 0. The minimum absolute atomic E-state index is 0.320. The minimum Gasteiger partial charge on any atom is -0.469 e. The van der Waals surface area contributed by atoms with E-state index in [1.54, 1.807) is 22.6 Å². The number of methoxy groups -OCH3 is 1. The van der Waals surface area contributed by atoms with Gasteiger partial charge in [-0.15, -0.1) is 0 Å². The fourth-order valence-electron chi connectivity index (χ4n) is 1.06. The lowest BCUT2D eigenvalue weighted by molar-refractivity contribution is -0.141. The summed E-state index contributed by atoms with van der Waals surface area (Å²) < 4.78 is 42.4. The molecule has 0 atom stereocenters. The van der Waals surface area contributed by atoms with E-state index in [2.05, 4.69) is 9.72 Å². The molecule has 1 heterocycles. The van der Waals surface area contributed by atoms with E-state index in [-0.39, 0.29) is 5.69 Å². The molecule has 0 radical (unpaired) electrons. The summed E-state index contributed by atoms with van der Waals surface area (Å²) in [5.41, 5.74) is -1.22. The number of aromatic nitrogens is 1. The highest BCUT2D eigenvalue weighted by atomic mass is 127. The van der Waals surface area contributed by atoms with Gasteiger partial charge in [0.25, 0.3) is 0 Å². The smallest absolute Gasteiger partial charge is 0.418 e. The van der Waals surface area contributed by atoms with Gasteiger partial charge in [-0.05, 0) is 28.7 Å². The van der Waals surface area contributed by atoms with Crippen LogP contribution < -0.4 is 0 Å². The van der Waals surface area contributed by atoms with Crippen molar-refractivity contribution in [2.24, 2.45) is 0 Å². The topological polar surface area (TPSA) is 39.2 Å². The third-order valence-corrected chi connectivity index (χ3v) is 2.37. The highest BCUT2D eigenvalue weighted by molar-refractivity contribution is 14.1. The lowest BCUT2D eigenvalue weighted by Crippen LogP contribution is -2.15. The van der Waals surface area contributed by atoms with Crippen LogP contribution in [0.25, 0.3) is 0 Å². The molecule has 3 nitrogen and oxygen atoms in total. The molecule has 0 aliphatic heterocycles. The summed E-state index contributed by atoms with van der Waals surface area (Å²) in [7, 11) is 1.11. The lowest BCUT2D eigenvalue weighted by atomic mass is 10.1. The summed E-state index contributed by atoms with van der Waals surface area (Å²) in [6.07, 6.45) is -3.73. The van der Waals surface area contributed by atoms with Crippen molar-refractivity contribution in [2.75, 3.05) is 7.11 Å². The molecule has 7 heteroatoms. The van der Waals surface area contributed by atoms with Crippen molar-refractivity contribution in [1.29, 1.82) is 0 Å². The van der Waals surface area contributed by atoms with E-state index in [0.717, 1.165) is 13.2 Å². The van der Waals surface area contributed by atoms with Crippen LogP contribution in [0.4, 0.5) is 13.2 Å². The summed E-state index contributed by atoms with van der Waals surface area (Å²) in [6, 6.07) is 0.950. The number of alkyl halides is 3. The van der Waals surface area contributed by atoms with Crippen molar-refractivity contribution < 1.29 is 22.7 Å². The zero-order valence-electron chi connectivity index (χ0n) is 8.14. The maximum atomic E-state index is 12.6. The van der Waals surface area contributed by atoms with E-state index >= 15 is 0 Å². The first-order valence-corrected chi connectivity index (χ1v) is 5.21. The first-order chi connectivity index (χ1) is 7.34. The standard InChI is InChI=1S/C9H7F3INO2/c1-16-8(15)3-7-6(9(10,11)12)2-5(13)4-14-7/h2,4H,3H2,1H3. The third-order valence-electron chi connectivity index (χ3n) is 1.78. The van der Waals surface area contributed by atoms with Gasteiger partial charge >= 0.3 is 12.1 Å². The van der Waals surface area contributed by atoms with E-state index < -0.39 is 24.1 Å². The molecule has 0 fully saturated rings.